The van der Waals surface area contributed by atoms with Crippen LogP contribution in [0.4, 0.5) is 5.82 Å². The maximum Gasteiger partial charge on any atom is 0.326 e. The Morgan fingerprint density at radius 3 is 2.81 bits per heavy atom. The number of carbonyl (C=O) groups is 2. The maximum atomic E-state index is 12.7. The largest absolute Gasteiger partial charge is 0.494 e. The third-order valence-electron chi connectivity index (χ3n) is 6.47. The Bertz CT molecular complexity index is 1400. The minimum atomic E-state index is -1.10. The molecule has 0 aliphatic carbocycles. The molecule has 0 bridgehead atoms. The highest BCUT2D eigenvalue weighted by molar-refractivity contribution is 5.99. The number of fused-ring (bicyclic) bond motifs is 2. The van der Waals surface area contributed by atoms with Gasteiger partial charge in [0.05, 0.1) is 18.3 Å². The lowest BCUT2D eigenvalue weighted by Gasteiger charge is -2.17. The Kier molecular flexibility index (Phi) is 7.30. The molecule has 1 atom stereocenters. The van der Waals surface area contributed by atoms with Gasteiger partial charge in [-0.1, -0.05) is 24.3 Å². The second kappa shape index (κ2) is 11.1. The fraction of sp³-hybridized carbons (Fsp3) is 0.286. The van der Waals surface area contributed by atoms with Crippen molar-refractivity contribution < 1.29 is 19.4 Å². The van der Waals surface area contributed by atoms with Gasteiger partial charge in [-0.2, -0.15) is 5.10 Å². The van der Waals surface area contributed by atoms with Crippen molar-refractivity contribution in [2.75, 3.05) is 18.5 Å². The van der Waals surface area contributed by atoms with Gasteiger partial charge in [0, 0.05) is 29.6 Å². The summed E-state index contributed by atoms with van der Waals surface area (Å²) in [6.07, 6.45) is 5.72. The predicted octanol–water partition coefficient (Wildman–Crippen LogP) is 3.75. The molecule has 1 amide bonds. The number of ether oxygens (including phenoxy) is 1. The van der Waals surface area contributed by atoms with Crippen molar-refractivity contribution in [3.63, 3.8) is 0 Å². The number of carboxylic acids is 1. The van der Waals surface area contributed by atoms with E-state index in [1.807, 2.05) is 24.3 Å². The van der Waals surface area contributed by atoms with E-state index in [1.165, 1.54) is 5.56 Å². The van der Waals surface area contributed by atoms with E-state index in [-0.39, 0.29) is 6.42 Å². The molecule has 37 heavy (non-hydrogen) atoms. The van der Waals surface area contributed by atoms with E-state index < -0.39 is 17.9 Å². The molecule has 2 aromatic heterocycles. The van der Waals surface area contributed by atoms with Crippen LogP contribution in [0.25, 0.3) is 10.9 Å². The first-order valence-electron chi connectivity index (χ1n) is 12.5. The lowest BCUT2D eigenvalue weighted by Crippen LogP contribution is -2.42. The highest BCUT2D eigenvalue weighted by Gasteiger charge is 2.21. The van der Waals surface area contributed by atoms with Crippen LogP contribution in [0.5, 0.6) is 5.75 Å². The summed E-state index contributed by atoms with van der Waals surface area (Å²) in [5.74, 6) is 0.179. The molecule has 0 spiro atoms. The van der Waals surface area contributed by atoms with Crippen LogP contribution in [-0.4, -0.2) is 51.4 Å². The molecule has 190 valence electrons. The Morgan fingerprint density at radius 1 is 1.11 bits per heavy atom. The molecule has 5 rings (SSSR count). The van der Waals surface area contributed by atoms with E-state index in [0.717, 1.165) is 54.7 Å². The van der Waals surface area contributed by atoms with Gasteiger partial charge >= 0.3 is 5.97 Å². The molecular formula is C28H29N5O4. The van der Waals surface area contributed by atoms with Crippen LogP contribution < -0.4 is 15.4 Å². The SMILES string of the molecule is O=C(N[C@H](Cc1ccc(OCCCc2ccc3c(n2)NCCC3)cc1)C(=O)O)c1ccc2cn[nH]c2c1. The van der Waals surface area contributed by atoms with Gasteiger partial charge in [-0.25, -0.2) is 9.78 Å². The zero-order chi connectivity index (χ0) is 25.6. The number of carbonyl (C=O) groups excluding carboxylic acids is 1. The molecule has 0 saturated carbocycles. The zero-order valence-electron chi connectivity index (χ0n) is 20.4. The van der Waals surface area contributed by atoms with Gasteiger partial charge in [0.1, 0.15) is 17.6 Å². The van der Waals surface area contributed by atoms with E-state index in [0.29, 0.717) is 23.4 Å². The molecule has 0 fully saturated rings. The minimum Gasteiger partial charge on any atom is -0.494 e. The molecule has 1 aliphatic heterocycles. The number of nitrogens with one attached hydrogen (secondary N) is 3. The number of pyridine rings is 1. The molecule has 0 radical (unpaired) electrons. The molecule has 4 N–H and O–H groups in total. The van der Waals surface area contributed by atoms with Gasteiger partial charge in [-0.05, 0) is 67.1 Å². The standard InChI is InChI=1S/C28H29N5O4/c34-27(20-7-8-21-17-30-33-24(21)16-20)32-25(28(35)36)15-18-5-11-23(12-6-18)37-14-2-4-22-10-9-19-3-1-13-29-26(19)31-22/h5-12,16-17,25H,1-4,13-15H2,(H,29,31)(H,30,33)(H,32,34)(H,35,36)/t25-/m1/s1. The van der Waals surface area contributed by atoms with E-state index in [2.05, 4.69) is 33.0 Å². The Morgan fingerprint density at radius 2 is 1.97 bits per heavy atom. The molecule has 9 heteroatoms. The Balaban J connectivity index is 1.11. The van der Waals surface area contributed by atoms with E-state index in [9.17, 15) is 14.7 Å². The van der Waals surface area contributed by atoms with E-state index in [4.69, 9.17) is 9.72 Å². The van der Waals surface area contributed by atoms with Crippen molar-refractivity contribution >= 4 is 28.6 Å². The highest BCUT2D eigenvalue weighted by Crippen LogP contribution is 2.20. The van der Waals surface area contributed by atoms with Crippen molar-refractivity contribution in [3.8, 4) is 5.75 Å². The van der Waals surface area contributed by atoms with Crippen LogP contribution in [0.3, 0.4) is 0 Å². The molecular weight excluding hydrogens is 470 g/mol. The van der Waals surface area contributed by atoms with Crippen molar-refractivity contribution in [2.45, 2.75) is 38.1 Å². The number of hydrogen-bond donors (Lipinski definition) is 4. The number of amides is 1. The van der Waals surface area contributed by atoms with Crippen LogP contribution in [0.2, 0.25) is 0 Å². The lowest BCUT2D eigenvalue weighted by atomic mass is 10.0. The number of aryl methyl sites for hydroxylation is 2. The van der Waals surface area contributed by atoms with Gasteiger partial charge in [0.15, 0.2) is 0 Å². The van der Waals surface area contributed by atoms with Crippen LogP contribution in [-0.2, 0) is 24.1 Å². The van der Waals surface area contributed by atoms with Crippen LogP contribution >= 0.6 is 0 Å². The number of aromatic nitrogens is 3. The van der Waals surface area contributed by atoms with Crippen molar-refractivity contribution in [2.24, 2.45) is 0 Å². The second-order valence-corrected chi connectivity index (χ2v) is 9.18. The van der Waals surface area contributed by atoms with Crippen molar-refractivity contribution in [1.82, 2.24) is 20.5 Å². The second-order valence-electron chi connectivity index (χ2n) is 9.18. The first-order chi connectivity index (χ1) is 18.0. The van der Waals surface area contributed by atoms with Crippen LogP contribution in [0, 0.1) is 0 Å². The first kappa shape index (κ1) is 24.3. The number of aliphatic carboxylic acids is 1. The normalized spacial score (nSPS) is 13.4. The zero-order valence-corrected chi connectivity index (χ0v) is 20.4. The van der Waals surface area contributed by atoms with Crippen molar-refractivity contribution in [1.29, 1.82) is 0 Å². The summed E-state index contributed by atoms with van der Waals surface area (Å²) in [4.78, 5) is 29.2. The van der Waals surface area contributed by atoms with Gasteiger partial charge in [-0.3, -0.25) is 9.89 Å². The number of nitrogens with zero attached hydrogens (tertiary/aromatic N) is 2. The molecule has 9 nitrogen and oxygen atoms in total. The summed E-state index contributed by atoms with van der Waals surface area (Å²) in [6, 6.07) is 15.6. The summed E-state index contributed by atoms with van der Waals surface area (Å²) in [5.41, 5.74) is 4.21. The smallest absolute Gasteiger partial charge is 0.326 e. The highest BCUT2D eigenvalue weighted by atomic mass is 16.5. The number of anilines is 1. The van der Waals surface area contributed by atoms with Crippen LogP contribution in [0.1, 0.15) is 40.0 Å². The monoisotopic (exact) mass is 499 g/mol. The summed E-state index contributed by atoms with van der Waals surface area (Å²) >= 11 is 0. The van der Waals surface area contributed by atoms with Crippen molar-refractivity contribution in [3.05, 3.63) is 83.2 Å². The van der Waals surface area contributed by atoms with Gasteiger partial charge in [0.25, 0.3) is 5.91 Å². The number of benzene rings is 2. The van der Waals surface area contributed by atoms with E-state index >= 15 is 0 Å². The number of aromatic amines is 1. The quantitative estimate of drug-likeness (QED) is 0.245. The maximum absolute atomic E-state index is 12.7. The third kappa shape index (κ3) is 6.06. The number of rotatable bonds is 10. The number of carboxylic acid groups (broad SMARTS) is 1. The van der Waals surface area contributed by atoms with Crippen LogP contribution in [0.15, 0.2) is 60.8 Å². The molecule has 0 saturated heterocycles. The Hall–Kier alpha value is -4.40. The first-order valence-corrected chi connectivity index (χ1v) is 12.5. The molecule has 0 unspecified atom stereocenters. The molecule has 1 aliphatic rings. The van der Waals surface area contributed by atoms with Gasteiger partial charge < -0.3 is 20.5 Å². The average Bonchev–Trinajstić information content (AvgIpc) is 3.39. The number of hydrogen-bond acceptors (Lipinski definition) is 6. The predicted molar refractivity (Wildman–Crippen MR) is 140 cm³/mol. The molecule has 3 heterocycles. The third-order valence-corrected chi connectivity index (χ3v) is 6.47. The minimum absolute atomic E-state index is 0.158. The van der Waals surface area contributed by atoms with Gasteiger partial charge in [0.2, 0.25) is 0 Å². The topological polar surface area (TPSA) is 129 Å². The van der Waals surface area contributed by atoms with E-state index in [1.54, 1.807) is 24.4 Å². The average molecular weight is 500 g/mol. The summed E-state index contributed by atoms with van der Waals surface area (Å²) < 4.78 is 5.86. The lowest BCUT2D eigenvalue weighted by molar-refractivity contribution is -0.139. The summed E-state index contributed by atoms with van der Waals surface area (Å²) in [6.45, 7) is 1.53. The number of H-pyrrole nitrogens is 1. The molecule has 2 aromatic carbocycles. The fourth-order valence-corrected chi connectivity index (χ4v) is 4.43. The van der Waals surface area contributed by atoms with Gasteiger partial charge in [-0.15, -0.1) is 0 Å². The molecule has 4 aromatic rings. The summed E-state index contributed by atoms with van der Waals surface area (Å²) in [7, 11) is 0. The Labute approximate surface area is 214 Å². The summed E-state index contributed by atoms with van der Waals surface area (Å²) in [5, 5.41) is 23.3. The fourth-order valence-electron chi connectivity index (χ4n) is 4.43.